The summed E-state index contributed by atoms with van der Waals surface area (Å²) in [4.78, 5) is 16.0. The number of nitrogens with zero attached hydrogens (tertiary/aromatic N) is 1. The van der Waals surface area contributed by atoms with Crippen molar-refractivity contribution in [2.45, 2.75) is 45.1 Å². The Morgan fingerprint density at radius 2 is 2.06 bits per heavy atom. The van der Waals surface area contributed by atoms with Crippen molar-refractivity contribution in [1.82, 2.24) is 10.2 Å². The Hall–Kier alpha value is -2.44. The number of carbonyl (C=O) groups is 1. The van der Waals surface area contributed by atoms with Crippen LogP contribution in [0.25, 0.3) is 11.1 Å². The number of benzene rings is 2. The molecule has 6 heteroatoms. The number of likely N-dealkylation sites (N-methyl/N-ethyl adjacent to an activating group) is 1. The second kappa shape index (κ2) is 10.7. The van der Waals surface area contributed by atoms with E-state index in [1.54, 1.807) is 13.2 Å². The minimum atomic E-state index is -0.488. The van der Waals surface area contributed by atoms with Crippen molar-refractivity contribution in [1.29, 1.82) is 0 Å². The molecule has 1 amide bonds. The molecule has 0 aromatic heterocycles. The molecule has 2 aromatic carbocycles. The summed E-state index contributed by atoms with van der Waals surface area (Å²) < 4.78 is 25.0. The molecule has 0 unspecified atom stereocenters. The van der Waals surface area contributed by atoms with Gasteiger partial charge in [-0.15, -0.1) is 0 Å². The molecule has 0 spiro atoms. The normalized spacial score (nSPS) is 20.5. The molecular weight excluding hydrogens is 419 g/mol. The van der Waals surface area contributed by atoms with Crippen LogP contribution in [0, 0.1) is 11.2 Å². The third-order valence-corrected chi connectivity index (χ3v) is 7.28. The van der Waals surface area contributed by atoms with E-state index in [1.165, 1.54) is 18.6 Å². The van der Waals surface area contributed by atoms with Gasteiger partial charge in [-0.3, -0.25) is 9.69 Å². The molecule has 0 saturated carbocycles. The van der Waals surface area contributed by atoms with Crippen LogP contribution in [0.15, 0.2) is 42.5 Å². The number of nitrogens with one attached hydrogen (secondary N) is 1. The van der Waals surface area contributed by atoms with E-state index in [0.717, 1.165) is 30.6 Å². The number of ether oxygens (including phenoxy) is 2. The van der Waals surface area contributed by atoms with E-state index in [4.69, 9.17) is 9.47 Å². The second-order valence-electron chi connectivity index (χ2n) is 9.25. The van der Waals surface area contributed by atoms with Gasteiger partial charge in [0.25, 0.3) is 0 Å². The first-order valence-corrected chi connectivity index (χ1v) is 12.1. The van der Waals surface area contributed by atoms with Crippen LogP contribution in [0.1, 0.15) is 38.2 Å². The lowest BCUT2D eigenvalue weighted by Crippen LogP contribution is -2.49. The van der Waals surface area contributed by atoms with Crippen LogP contribution in [0.3, 0.4) is 0 Å². The van der Waals surface area contributed by atoms with Crippen LogP contribution < -0.4 is 10.1 Å². The first-order valence-electron chi connectivity index (χ1n) is 12.1. The summed E-state index contributed by atoms with van der Waals surface area (Å²) in [6, 6.07) is 13.0. The van der Waals surface area contributed by atoms with E-state index in [0.29, 0.717) is 56.4 Å². The van der Waals surface area contributed by atoms with Crippen molar-refractivity contribution < 1.29 is 18.7 Å². The highest BCUT2D eigenvalue weighted by atomic mass is 19.1. The zero-order chi connectivity index (χ0) is 23.3. The third-order valence-electron chi connectivity index (χ3n) is 7.28. The van der Waals surface area contributed by atoms with Gasteiger partial charge in [-0.05, 0) is 74.5 Å². The fourth-order valence-corrected chi connectivity index (χ4v) is 5.33. The minimum Gasteiger partial charge on any atom is -0.496 e. The summed E-state index contributed by atoms with van der Waals surface area (Å²) in [6.07, 6.45) is 4.38. The van der Waals surface area contributed by atoms with Crippen LogP contribution in [0.5, 0.6) is 5.75 Å². The van der Waals surface area contributed by atoms with E-state index in [2.05, 4.69) is 29.3 Å². The average Bonchev–Trinajstić information content (AvgIpc) is 3.31. The molecule has 0 radical (unpaired) electrons. The fourth-order valence-electron chi connectivity index (χ4n) is 5.33. The number of amides is 1. The van der Waals surface area contributed by atoms with Gasteiger partial charge in [0.05, 0.1) is 12.5 Å². The molecule has 2 aliphatic heterocycles. The molecule has 2 heterocycles. The fraction of sp³-hybridized carbons (Fsp3) is 0.519. The Morgan fingerprint density at radius 3 is 2.82 bits per heavy atom. The smallest absolute Gasteiger partial charge is 0.226 e. The predicted octanol–water partition coefficient (Wildman–Crippen LogP) is 4.44. The van der Waals surface area contributed by atoms with E-state index >= 15 is 0 Å². The second-order valence-corrected chi connectivity index (χ2v) is 9.25. The topological polar surface area (TPSA) is 50.8 Å². The van der Waals surface area contributed by atoms with E-state index in [9.17, 15) is 9.18 Å². The molecule has 178 valence electrons. The Kier molecular flexibility index (Phi) is 7.66. The van der Waals surface area contributed by atoms with Crippen molar-refractivity contribution in [2.24, 2.45) is 5.41 Å². The highest BCUT2D eigenvalue weighted by Crippen LogP contribution is 2.37. The molecule has 0 bridgehead atoms. The maximum atomic E-state index is 13.9. The van der Waals surface area contributed by atoms with Crippen molar-refractivity contribution in [3.63, 3.8) is 0 Å². The minimum absolute atomic E-state index is 0.127. The van der Waals surface area contributed by atoms with Gasteiger partial charge in [0, 0.05) is 31.4 Å². The van der Waals surface area contributed by atoms with E-state index < -0.39 is 5.41 Å². The zero-order valence-corrected chi connectivity index (χ0v) is 19.7. The lowest BCUT2D eigenvalue weighted by atomic mass is 9.74. The number of likely N-dealkylation sites (tertiary alicyclic amines) is 1. The molecule has 0 aliphatic carbocycles. The van der Waals surface area contributed by atoms with E-state index in [-0.39, 0.29) is 11.7 Å². The van der Waals surface area contributed by atoms with Gasteiger partial charge in [0.15, 0.2) is 0 Å². The SMILES string of the molecule is CCN1CCC[C@H]1CNC(=O)C1(Cc2cccc(-c3cc(F)ccc3OC)c2)CCOCC1. The molecule has 2 saturated heterocycles. The van der Waals surface area contributed by atoms with Gasteiger partial charge in [0.2, 0.25) is 5.91 Å². The maximum absolute atomic E-state index is 13.9. The van der Waals surface area contributed by atoms with Crippen LogP contribution in [0.4, 0.5) is 4.39 Å². The Labute approximate surface area is 196 Å². The molecule has 1 N–H and O–H groups in total. The predicted molar refractivity (Wildman–Crippen MR) is 128 cm³/mol. The van der Waals surface area contributed by atoms with Crippen molar-refractivity contribution in [3.8, 4) is 16.9 Å². The summed E-state index contributed by atoms with van der Waals surface area (Å²) >= 11 is 0. The van der Waals surface area contributed by atoms with Crippen LogP contribution >= 0.6 is 0 Å². The molecule has 2 aromatic rings. The largest absolute Gasteiger partial charge is 0.496 e. The Morgan fingerprint density at radius 1 is 1.24 bits per heavy atom. The molecular formula is C27H35FN2O3. The average molecular weight is 455 g/mol. The molecule has 2 aliphatic rings. The van der Waals surface area contributed by atoms with Crippen molar-refractivity contribution >= 4 is 5.91 Å². The lowest BCUT2D eigenvalue weighted by molar-refractivity contribution is -0.136. The first-order chi connectivity index (χ1) is 16.0. The summed E-state index contributed by atoms with van der Waals surface area (Å²) in [5.74, 6) is 0.455. The summed E-state index contributed by atoms with van der Waals surface area (Å²) in [6.45, 7) is 6.21. The molecule has 1 atom stereocenters. The standard InChI is InChI=1S/C27H35FN2O3/c1-3-30-13-5-8-23(30)19-29-26(31)27(11-14-33-15-12-27)18-20-6-4-7-21(16-20)24-17-22(28)9-10-25(24)32-2/h4,6-7,9-10,16-17,23H,3,5,8,11-15,18-19H2,1-2H3,(H,29,31)/t23-/m0/s1. The lowest BCUT2D eigenvalue weighted by Gasteiger charge is -2.36. The molecule has 2 fully saturated rings. The van der Waals surface area contributed by atoms with Gasteiger partial charge in [-0.2, -0.15) is 0 Å². The number of rotatable bonds is 8. The van der Waals surface area contributed by atoms with Gasteiger partial charge in [-0.1, -0.05) is 31.2 Å². The number of hydrogen-bond donors (Lipinski definition) is 1. The van der Waals surface area contributed by atoms with Crippen LogP contribution in [0.2, 0.25) is 0 Å². The van der Waals surface area contributed by atoms with Gasteiger partial charge in [0.1, 0.15) is 11.6 Å². The number of methoxy groups -OCH3 is 1. The highest BCUT2D eigenvalue weighted by molar-refractivity contribution is 5.83. The maximum Gasteiger partial charge on any atom is 0.226 e. The summed E-state index contributed by atoms with van der Waals surface area (Å²) in [5.41, 5.74) is 2.17. The highest BCUT2D eigenvalue weighted by Gasteiger charge is 2.40. The zero-order valence-electron chi connectivity index (χ0n) is 19.7. The molecule has 5 nitrogen and oxygen atoms in total. The van der Waals surface area contributed by atoms with Gasteiger partial charge < -0.3 is 14.8 Å². The van der Waals surface area contributed by atoms with Crippen molar-refractivity contribution in [3.05, 3.63) is 53.8 Å². The summed E-state index contributed by atoms with van der Waals surface area (Å²) in [7, 11) is 1.59. The van der Waals surface area contributed by atoms with Crippen LogP contribution in [-0.4, -0.2) is 56.8 Å². The molecule has 4 rings (SSSR count). The van der Waals surface area contributed by atoms with Gasteiger partial charge >= 0.3 is 0 Å². The quantitative estimate of drug-likeness (QED) is 0.641. The number of carbonyl (C=O) groups excluding carboxylic acids is 1. The number of hydrogen-bond acceptors (Lipinski definition) is 4. The first kappa shape index (κ1) is 23.7. The Bertz CT molecular complexity index is 958. The van der Waals surface area contributed by atoms with Gasteiger partial charge in [-0.25, -0.2) is 4.39 Å². The number of halogens is 1. The third kappa shape index (κ3) is 5.39. The monoisotopic (exact) mass is 454 g/mol. The van der Waals surface area contributed by atoms with E-state index in [1.807, 2.05) is 12.1 Å². The Balaban J connectivity index is 1.54. The van der Waals surface area contributed by atoms with Crippen LogP contribution in [-0.2, 0) is 16.0 Å². The molecule has 33 heavy (non-hydrogen) atoms. The van der Waals surface area contributed by atoms with Crippen molar-refractivity contribution in [2.75, 3.05) is 40.0 Å². The summed E-state index contributed by atoms with van der Waals surface area (Å²) in [5, 5.41) is 3.29.